The highest BCUT2D eigenvalue weighted by Gasteiger charge is 2.10. The van der Waals surface area contributed by atoms with Gasteiger partial charge in [0.2, 0.25) is 5.89 Å². The van der Waals surface area contributed by atoms with Crippen LogP contribution in [0.5, 0.6) is 0 Å². The van der Waals surface area contributed by atoms with Gasteiger partial charge in [-0.05, 0) is 18.2 Å². The first-order chi connectivity index (χ1) is 9.74. The Bertz CT molecular complexity index is 797. The van der Waals surface area contributed by atoms with Gasteiger partial charge in [-0.15, -0.1) is 0 Å². The average molecular weight is 284 g/mol. The molecule has 0 radical (unpaired) electrons. The van der Waals surface area contributed by atoms with E-state index in [-0.39, 0.29) is 5.89 Å². The van der Waals surface area contributed by atoms with Gasteiger partial charge < -0.3 is 4.42 Å². The van der Waals surface area contributed by atoms with Gasteiger partial charge in [0, 0.05) is 16.1 Å². The van der Waals surface area contributed by atoms with Crippen LogP contribution in [0.15, 0.2) is 69.9 Å². The summed E-state index contributed by atoms with van der Waals surface area (Å²) in [5, 5.41) is 0.546. The van der Waals surface area contributed by atoms with Crippen LogP contribution in [0.4, 0.5) is 0 Å². The molecule has 0 bridgehead atoms. The van der Waals surface area contributed by atoms with Crippen LogP contribution in [0.25, 0.3) is 22.7 Å². The zero-order valence-corrected chi connectivity index (χ0v) is 11.2. The van der Waals surface area contributed by atoms with Crippen LogP contribution in [0.2, 0.25) is 5.02 Å². The average Bonchev–Trinajstić information content (AvgIpc) is 2.48. The highest BCUT2D eigenvalue weighted by Crippen LogP contribution is 2.26. The minimum absolute atomic E-state index is 0.285. The molecule has 1 aromatic heterocycles. The monoisotopic (exact) mass is 283 g/mol. The highest BCUT2D eigenvalue weighted by molar-refractivity contribution is 6.33. The standard InChI is InChI=1S/C16H10ClNO2/c17-13-9-5-4-8-12(13)14-10-15(19)20-16(18-14)11-6-2-1-3-7-11/h1-10H. The molecule has 0 saturated heterocycles. The molecule has 0 atom stereocenters. The van der Waals surface area contributed by atoms with Crippen molar-refractivity contribution in [3.63, 3.8) is 0 Å². The van der Waals surface area contributed by atoms with Crippen LogP contribution in [0.1, 0.15) is 0 Å². The molecule has 0 unspecified atom stereocenters. The topological polar surface area (TPSA) is 43.1 Å². The van der Waals surface area contributed by atoms with E-state index in [1.54, 1.807) is 6.07 Å². The zero-order valence-electron chi connectivity index (χ0n) is 10.4. The maximum absolute atomic E-state index is 11.7. The van der Waals surface area contributed by atoms with Crippen LogP contribution in [-0.2, 0) is 0 Å². The van der Waals surface area contributed by atoms with Crippen molar-refractivity contribution in [2.75, 3.05) is 0 Å². The Hall–Kier alpha value is -2.39. The summed E-state index contributed by atoms with van der Waals surface area (Å²) >= 11 is 6.14. The normalized spacial score (nSPS) is 10.4. The minimum Gasteiger partial charge on any atom is -0.404 e. The number of nitrogens with zero attached hydrogens (tertiary/aromatic N) is 1. The van der Waals surface area contributed by atoms with Gasteiger partial charge in [0.25, 0.3) is 0 Å². The lowest BCUT2D eigenvalue weighted by atomic mass is 10.1. The first-order valence-corrected chi connectivity index (χ1v) is 6.44. The predicted octanol–water partition coefficient (Wildman–Crippen LogP) is 4.02. The number of halogens is 1. The molecule has 20 heavy (non-hydrogen) atoms. The van der Waals surface area contributed by atoms with E-state index in [9.17, 15) is 4.79 Å². The summed E-state index contributed by atoms with van der Waals surface area (Å²) in [6.07, 6.45) is 0. The van der Waals surface area contributed by atoms with Crippen LogP contribution in [-0.4, -0.2) is 4.98 Å². The summed E-state index contributed by atoms with van der Waals surface area (Å²) in [6, 6.07) is 17.9. The first-order valence-electron chi connectivity index (χ1n) is 6.06. The molecule has 1 heterocycles. The molecule has 0 fully saturated rings. The van der Waals surface area contributed by atoms with E-state index in [0.717, 1.165) is 5.56 Å². The Morgan fingerprint density at radius 2 is 1.65 bits per heavy atom. The second-order valence-corrected chi connectivity index (χ2v) is 4.62. The van der Waals surface area contributed by atoms with Crippen molar-refractivity contribution in [3.05, 3.63) is 76.1 Å². The maximum atomic E-state index is 11.7. The molecule has 98 valence electrons. The van der Waals surface area contributed by atoms with E-state index in [1.807, 2.05) is 48.5 Å². The van der Waals surface area contributed by atoms with E-state index >= 15 is 0 Å². The predicted molar refractivity (Wildman–Crippen MR) is 78.7 cm³/mol. The Balaban J connectivity index is 2.18. The van der Waals surface area contributed by atoms with Crippen LogP contribution >= 0.6 is 11.6 Å². The number of aromatic nitrogens is 1. The van der Waals surface area contributed by atoms with Crippen molar-refractivity contribution < 1.29 is 4.42 Å². The van der Waals surface area contributed by atoms with Crippen molar-refractivity contribution in [1.29, 1.82) is 0 Å². The fraction of sp³-hybridized carbons (Fsp3) is 0. The van der Waals surface area contributed by atoms with E-state index < -0.39 is 5.63 Å². The Labute approximate surface area is 120 Å². The van der Waals surface area contributed by atoms with Crippen molar-refractivity contribution in [3.8, 4) is 22.7 Å². The van der Waals surface area contributed by atoms with E-state index in [4.69, 9.17) is 16.0 Å². The van der Waals surface area contributed by atoms with Crippen LogP contribution in [0, 0.1) is 0 Å². The van der Waals surface area contributed by atoms with Gasteiger partial charge in [-0.3, -0.25) is 0 Å². The first kappa shape index (κ1) is 12.6. The fourth-order valence-electron chi connectivity index (χ4n) is 1.91. The van der Waals surface area contributed by atoms with E-state index in [1.165, 1.54) is 6.07 Å². The number of hydrogen-bond acceptors (Lipinski definition) is 3. The number of benzene rings is 2. The summed E-state index contributed by atoms with van der Waals surface area (Å²) in [5.74, 6) is 0.285. The summed E-state index contributed by atoms with van der Waals surface area (Å²) in [7, 11) is 0. The van der Waals surface area contributed by atoms with Crippen molar-refractivity contribution in [2.24, 2.45) is 0 Å². The highest BCUT2D eigenvalue weighted by atomic mass is 35.5. The Kier molecular flexibility index (Phi) is 3.35. The van der Waals surface area contributed by atoms with Crippen molar-refractivity contribution in [1.82, 2.24) is 4.98 Å². The zero-order chi connectivity index (χ0) is 13.9. The van der Waals surface area contributed by atoms with Crippen molar-refractivity contribution in [2.45, 2.75) is 0 Å². The molecule has 0 spiro atoms. The molecular weight excluding hydrogens is 274 g/mol. The Morgan fingerprint density at radius 3 is 2.40 bits per heavy atom. The minimum atomic E-state index is -0.450. The molecule has 3 aromatic rings. The smallest absolute Gasteiger partial charge is 0.339 e. The molecule has 0 N–H and O–H groups in total. The molecular formula is C16H10ClNO2. The fourth-order valence-corrected chi connectivity index (χ4v) is 2.14. The van der Waals surface area contributed by atoms with Crippen molar-refractivity contribution >= 4 is 11.6 Å². The second-order valence-electron chi connectivity index (χ2n) is 4.21. The summed E-state index contributed by atoms with van der Waals surface area (Å²) in [6.45, 7) is 0. The lowest BCUT2D eigenvalue weighted by Crippen LogP contribution is -2.02. The largest absolute Gasteiger partial charge is 0.404 e. The Morgan fingerprint density at radius 1 is 0.950 bits per heavy atom. The van der Waals surface area contributed by atoms with Gasteiger partial charge in [0.15, 0.2) is 0 Å². The van der Waals surface area contributed by atoms with Gasteiger partial charge in [-0.2, -0.15) is 0 Å². The molecule has 0 aliphatic rings. The van der Waals surface area contributed by atoms with Crippen LogP contribution in [0.3, 0.4) is 0 Å². The maximum Gasteiger partial charge on any atom is 0.339 e. The van der Waals surface area contributed by atoms with Crippen LogP contribution < -0.4 is 5.63 Å². The lowest BCUT2D eigenvalue weighted by molar-refractivity contribution is 0.508. The number of rotatable bonds is 2. The SMILES string of the molecule is O=c1cc(-c2ccccc2Cl)nc(-c2ccccc2)o1. The molecule has 0 aliphatic carbocycles. The third kappa shape index (κ3) is 2.49. The van der Waals surface area contributed by atoms with E-state index in [0.29, 0.717) is 16.3 Å². The second kappa shape index (κ2) is 5.31. The molecule has 2 aromatic carbocycles. The molecule has 4 heteroatoms. The molecule has 0 amide bonds. The lowest BCUT2D eigenvalue weighted by Gasteiger charge is -2.04. The quantitative estimate of drug-likeness (QED) is 0.713. The van der Waals surface area contributed by atoms with E-state index in [2.05, 4.69) is 4.98 Å². The van der Waals surface area contributed by atoms with Gasteiger partial charge in [-0.1, -0.05) is 48.0 Å². The van der Waals surface area contributed by atoms with Gasteiger partial charge >= 0.3 is 5.63 Å². The third-order valence-electron chi connectivity index (χ3n) is 2.84. The molecule has 3 rings (SSSR count). The summed E-state index contributed by atoms with van der Waals surface area (Å²) in [5.41, 5.74) is 1.51. The van der Waals surface area contributed by atoms with Gasteiger partial charge in [-0.25, -0.2) is 9.78 Å². The molecule has 3 nitrogen and oxygen atoms in total. The summed E-state index contributed by atoms with van der Waals surface area (Å²) in [4.78, 5) is 16.1. The molecule has 0 aliphatic heterocycles. The van der Waals surface area contributed by atoms with Gasteiger partial charge in [0.05, 0.1) is 11.8 Å². The van der Waals surface area contributed by atoms with Gasteiger partial charge in [0.1, 0.15) is 0 Å². The summed E-state index contributed by atoms with van der Waals surface area (Å²) < 4.78 is 5.16. The molecule has 0 saturated carbocycles. The third-order valence-corrected chi connectivity index (χ3v) is 3.17. The number of hydrogen-bond donors (Lipinski definition) is 0.